The zero-order valence-electron chi connectivity index (χ0n) is 9.98. The van der Waals surface area contributed by atoms with E-state index in [1.165, 1.54) is 0 Å². The van der Waals surface area contributed by atoms with E-state index in [-0.39, 0.29) is 16.9 Å². The molecule has 4 nitrogen and oxygen atoms in total. The molecule has 1 aromatic heterocycles. The Labute approximate surface area is 106 Å². The molecular weight excluding hydrogens is 238 g/mol. The van der Waals surface area contributed by atoms with Crippen molar-refractivity contribution in [2.75, 3.05) is 18.8 Å². The number of hydrogen-bond donors (Lipinski definition) is 1. The van der Waals surface area contributed by atoms with Gasteiger partial charge in [0.15, 0.2) is 0 Å². The van der Waals surface area contributed by atoms with Gasteiger partial charge >= 0.3 is 0 Å². The highest BCUT2D eigenvalue weighted by atomic mass is 35.5. The summed E-state index contributed by atoms with van der Waals surface area (Å²) in [4.78, 5) is 17.9. The van der Waals surface area contributed by atoms with Crippen molar-refractivity contribution in [3.63, 3.8) is 0 Å². The van der Waals surface area contributed by atoms with Gasteiger partial charge in [-0.2, -0.15) is 0 Å². The molecule has 5 heteroatoms. The van der Waals surface area contributed by atoms with Crippen LogP contribution in [0, 0.1) is 11.8 Å². The minimum absolute atomic E-state index is 0.0165. The molecule has 0 aliphatic carbocycles. The first-order valence-corrected chi connectivity index (χ1v) is 6.07. The van der Waals surface area contributed by atoms with Crippen LogP contribution in [0.15, 0.2) is 12.1 Å². The maximum Gasteiger partial charge on any atom is 0.254 e. The largest absolute Gasteiger partial charge is 0.384 e. The van der Waals surface area contributed by atoms with E-state index in [4.69, 9.17) is 17.3 Å². The molecule has 2 heterocycles. The fourth-order valence-electron chi connectivity index (χ4n) is 2.12. The molecule has 2 rings (SSSR count). The van der Waals surface area contributed by atoms with Gasteiger partial charge in [-0.15, -0.1) is 0 Å². The Morgan fingerprint density at radius 1 is 1.41 bits per heavy atom. The number of hydrogen-bond acceptors (Lipinski definition) is 3. The average molecular weight is 254 g/mol. The number of likely N-dealkylation sites (tertiary alicyclic amines) is 1. The number of amides is 1. The second kappa shape index (κ2) is 4.53. The Bertz CT molecular complexity index is 419. The van der Waals surface area contributed by atoms with Gasteiger partial charge < -0.3 is 10.6 Å². The summed E-state index contributed by atoms with van der Waals surface area (Å²) in [6.07, 6.45) is 0. The van der Waals surface area contributed by atoms with Crippen LogP contribution in [0.5, 0.6) is 0 Å². The van der Waals surface area contributed by atoms with Crippen molar-refractivity contribution in [2.45, 2.75) is 13.8 Å². The topological polar surface area (TPSA) is 59.2 Å². The zero-order chi connectivity index (χ0) is 12.6. The lowest BCUT2D eigenvalue weighted by molar-refractivity contribution is 0.0785. The average Bonchev–Trinajstić information content (AvgIpc) is 2.57. The molecule has 92 valence electrons. The van der Waals surface area contributed by atoms with E-state index >= 15 is 0 Å². The van der Waals surface area contributed by atoms with Crippen LogP contribution in [0.3, 0.4) is 0 Å². The summed E-state index contributed by atoms with van der Waals surface area (Å²) in [5.74, 6) is 1.33. The fraction of sp³-hybridized carbons (Fsp3) is 0.500. The third-order valence-corrected chi connectivity index (χ3v) is 3.53. The van der Waals surface area contributed by atoms with Crippen LogP contribution in [0.1, 0.15) is 24.2 Å². The summed E-state index contributed by atoms with van der Waals surface area (Å²) in [6, 6.07) is 3.13. The van der Waals surface area contributed by atoms with Gasteiger partial charge in [-0.1, -0.05) is 25.4 Å². The van der Waals surface area contributed by atoms with E-state index in [1.54, 1.807) is 12.1 Å². The molecule has 1 amide bonds. The Balaban J connectivity index is 2.20. The van der Waals surface area contributed by atoms with Gasteiger partial charge in [0.05, 0.1) is 0 Å². The van der Waals surface area contributed by atoms with Crippen molar-refractivity contribution in [3.8, 4) is 0 Å². The number of halogens is 1. The monoisotopic (exact) mass is 253 g/mol. The van der Waals surface area contributed by atoms with E-state index in [2.05, 4.69) is 18.8 Å². The first kappa shape index (κ1) is 12.2. The molecule has 0 radical (unpaired) electrons. The Morgan fingerprint density at radius 3 is 2.53 bits per heavy atom. The molecule has 0 bridgehead atoms. The minimum Gasteiger partial charge on any atom is -0.384 e. The molecule has 1 fully saturated rings. The molecule has 2 atom stereocenters. The quantitative estimate of drug-likeness (QED) is 0.780. The number of nitrogen functional groups attached to an aromatic ring is 1. The van der Waals surface area contributed by atoms with Crippen molar-refractivity contribution in [1.29, 1.82) is 0 Å². The summed E-state index contributed by atoms with van der Waals surface area (Å²) < 4.78 is 0. The van der Waals surface area contributed by atoms with Crippen molar-refractivity contribution in [1.82, 2.24) is 9.88 Å². The van der Waals surface area contributed by atoms with Crippen LogP contribution >= 0.6 is 11.6 Å². The normalized spacial score (nSPS) is 24.1. The second-order valence-corrected chi connectivity index (χ2v) is 5.16. The van der Waals surface area contributed by atoms with Crippen molar-refractivity contribution in [2.24, 2.45) is 11.8 Å². The number of anilines is 1. The van der Waals surface area contributed by atoms with E-state index < -0.39 is 0 Å². The lowest BCUT2D eigenvalue weighted by Crippen LogP contribution is -2.29. The van der Waals surface area contributed by atoms with E-state index in [1.807, 2.05) is 4.90 Å². The van der Waals surface area contributed by atoms with Crippen LogP contribution in [0.4, 0.5) is 5.82 Å². The molecule has 0 spiro atoms. The van der Waals surface area contributed by atoms with Gasteiger partial charge in [0, 0.05) is 18.7 Å². The van der Waals surface area contributed by atoms with E-state index in [0.29, 0.717) is 17.4 Å². The highest BCUT2D eigenvalue weighted by Gasteiger charge is 2.30. The van der Waals surface area contributed by atoms with Crippen molar-refractivity contribution in [3.05, 3.63) is 22.8 Å². The SMILES string of the molecule is CC1CN(C(=O)c2cc(N)nc(Cl)c2)CC1C. The summed E-state index contributed by atoms with van der Waals surface area (Å²) in [5.41, 5.74) is 6.10. The van der Waals surface area contributed by atoms with Gasteiger partial charge in [-0.25, -0.2) is 4.98 Å². The second-order valence-electron chi connectivity index (χ2n) is 4.77. The number of aromatic nitrogens is 1. The minimum atomic E-state index is -0.0165. The maximum absolute atomic E-state index is 12.2. The highest BCUT2D eigenvalue weighted by molar-refractivity contribution is 6.29. The van der Waals surface area contributed by atoms with Crippen LogP contribution < -0.4 is 5.73 Å². The molecule has 1 aromatic rings. The molecule has 1 saturated heterocycles. The predicted octanol–water partition coefficient (Wildman–Crippen LogP) is 2.05. The first-order chi connectivity index (χ1) is 7.97. The van der Waals surface area contributed by atoms with E-state index in [9.17, 15) is 4.79 Å². The van der Waals surface area contributed by atoms with E-state index in [0.717, 1.165) is 13.1 Å². The Kier molecular flexibility index (Phi) is 3.24. The lowest BCUT2D eigenvalue weighted by Gasteiger charge is -2.16. The Morgan fingerprint density at radius 2 is 2.00 bits per heavy atom. The predicted molar refractivity (Wildman–Crippen MR) is 67.9 cm³/mol. The van der Waals surface area contributed by atoms with Crippen LogP contribution in [-0.4, -0.2) is 28.9 Å². The summed E-state index contributed by atoms with van der Waals surface area (Å²) in [7, 11) is 0. The Hall–Kier alpha value is -1.29. The molecule has 17 heavy (non-hydrogen) atoms. The zero-order valence-corrected chi connectivity index (χ0v) is 10.7. The molecule has 0 saturated carbocycles. The maximum atomic E-state index is 12.2. The summed E-state index contributed by atoms with van der Waals surface area (Å²) >= 11 is 5.80. The fourth-order valence-corrected chi connectivity index (χ4v) is 2.33. The number of nitrogens with zero attached hydrogens (tertiary/aromatic N) is 2. The third kappa shape index (κ3) is 2.52. The van der Waals surface area contributed by atoms with Gasteiger partial charge in [-0.05, 0) is 24.0 Å². The van der Waals surface area contributed by atoms with Crippen molar-refractivity contribution < 1.29 is 4.79 Å². The number of pyridine rings is 1. The van der Waals surface area contributed by atoms with Crippen LogP contribution in [-0.2, 0) is 0 Å². The molecule has 0 aromatic carbocycles. The van der Waals surface area contributed by atoms with Gasteiger partial charge in [-0.3, -0.25) is 4.79 Å². The van der Waals surface area contributed by atoms with Gasteiger partial charge in [0.1, 0.15) is 11.0 Å². The first-order valence-electron chi connectivity index (χ1n) is 5.69. The van der Waals surface area contributed by atoms with Gasteiger partial charge in [0.25, 0.3) is 5.91 Å². The summed E-state index contributed by atoms with van der Waals surface area (Å²) in [5, 5.41) is 0.258. The number of nitrogens with two attached hydrogens (primary N) is 1. The van der Waals surface area contributed by atoms with Crippen LogP contribution in [0.2, 0.25) is 5.15 Å². The smallest absolute Gasteiger partial charge is 0.254 e. The number of rotatable bonds is 1. The lowest BCUT2D eigenvalue weighted by atomic mass is 10.0. The highest BCUT2D eigenvalue weighted by Crippen LogP contribution is 2.24. The summed E-state index contributed by atoms with van der Waals surface area (Å²) in [6.45, 7) is 5.90. The molecule has 1 aliphatic rings. The van der Waals surface area contributed by atoms with Crippen LogP contribution in [0.25, 0.3) is 0 Å². The molecule has 1 aliphatic heterocycles. The van der Waals surface area contributed by atoms with Gasteiger partial charge in [0.2, 0.25) is 0 Å². The molecular formula is C12H16ClN3O. The molecule has 2 unspecified atom stereocenters. The third-order valence-electron chi connectivity index (χ3n) is 3.34. The molecule has 2 N–H and O–H groups in total. The standard InChI is InChI=1S/C12H16ClN3O/c1-7-5-16(6-8(7)2)12(17)9-3-10(13)15-11(14)4-9/h3-4,7-8H,5-6H2,1-2H3,(H2,14,15). The van der Waals surface area contributed by atoms with Crippen molar-refractivity contribution >= 4 is 23.3 Å². The number of carbonyl (C=O) groups excluding carboxylic acids is 1. The number of carbonyl (C=O) groups is 1.